The highest BCUT2D eigenvalue weighted by Gasteiger charge is 2.31. The molecule has 1 amide bonds. The molecular formula is C23H25F3N2O4S. The Morgan fingerprint density at radius 2 is 1.70 bits per heavy atom. The molecule has 0 spiro atoms. The first-order chi connectivity index (χ1) is 15.6. The molecule has 2 aromatic carbocycles. The zero-order valence-corrected chi connectivity index (χ0v) is 18.6. The largest absolute Gasteiger partial charge is 0.573 e. The van der Waals surface area contributed by atoms with E-state index in [2.05, 4.69) is 10.1 Å². The van der Waals surface area contributed by atoms with Crippen LogP contribution in [0.2, 0.25) is 0 Å². The highest BCUT2D eigenvalue weighted by atomic mass is 32.2. The molecule has 0 bridgehead atoms. The van der Waals surface area contributed by atoms with Crippen molar-refractivity contribution in [3.63, 3.8) is 0 Å². The lowest BCUT2D eigenvalue weighted by Crippen LogP contribution is -2.42. The van der Waals surface area contributed by atoms with E-state index in [1.54, 1.807) is 6.08 Å². The normalized spacial score (nSPS) is 16.1. The number of nitrogens with one attached hydrogen (secondary N) is 1. The van der Waals surface area contributed by atoms with Crippen LogP contribution in [0.4, 0.5) is 13.2 Å². The second-order valence-corrected chi connectivity index (χ2v) is 9.48. The van der Waals surface area contributed by atoms with E-state index in [0.29, 0.717) is 25.8 Å². The van der Waals surface area contributed by atoms with Gasteiger partial charge in [-0.25, -0.2) is 8.42 Å². The number of sulfonamides is 1. The lowest BCUT2D eigenvalue weighted by Gasteiger charge is -2.29. The third-order valence-electron chi connectivity index (χ3n) is 5.29. The molecule has 178 valence electrons. The van der Waals surface area contributed by atoms with E-state index >= 15 is 0 Å². The first kappa shape index (κ1) is 24.8. The molecule has 0 aliphatic carbocycles. The van der Waals surface area contributed by atoms with Crippen molar-refractivity contribution < 1.29 is 31.1 Å². The third-order valence-corrected chi connectivity index (χ3v) is 6.85. The van der Waals surface area contributed by atoms with E-state index in [4.69, 9.17) is 0 Å². The highest BCUT2D eigenvalue weighted by molar-refractivity contribution is 7.92. The average molecular weight is 483 g/mol. The minimum Gasteiger partial charge on any atom is -0.406 e. The molecule has 6 nitrogen and oxygen atoms in total. The molecule has 1 saturated heterocycles. The maximum absolute atomic E-state index is 12.5. The van der Waals surface area contributed by atoms with Crippen LogP contribution in [0.15, 0.2) is 60.0 Å². The molecule has 0 atom stereocenters. The Labute approximate surface area is 191 Å². The predicted octanol–water partition coefficient (Wildman–Crippen LogP) is 3.96. The first-order valence-corrected chi connectivity index (χ1v) is 12.0. The number of carbonyl (C=O) groups is 1. The van der Waals surface area contributed by atoms with Gasteiger partial charge in [-0.2, -0.15) is 4.31 Å². The van der Waals surface area contributed by atoms with E-state index in [9.17, 15) is 26.4 Å². The van der Waals surface area contributed by atoms with Crippen molar-refractivity contribution in [2.24, 2.45) is 5.92 Å². The number of carbonyl (C=O) groups excluding carboxylic acids is 1. The van der Waals surface area contributed by atoms with Gasteiger partial charge in [0.1, 0.15) is 5.75 Å². The van der Waals surface area contributed by atoms with Gasteiger partial charge in [0.25, 0.3) is 0 Å². The van der Waals surface area contributed by atoms with Crippen molar-refractivity contribution in [1.29, 1.82) is 0 Å². The standard InChI is InChI=1S/C23H25F3N2O4S/c24-23(25,26)32-21-8-6-19(7-9-21)10-14-27-22(29)20-11-15-28(16-12-20)33(30,31)17-13-18-4-2-1-3-5-18/h1-9,13,17,20H,10-12,14-16H2,(H,27,29)/b17-13+. The molecule has 3 rings (SSSR count). The average Bonchev–Trinajstić information content (AvgIpc) is 2.79. The Balaban J connectivity index is 1.41. The molecule has 0 radical (unpaired) electrons. The van der Waals surface area contributed by atoms with Crippen molar-refractivity contribution in [3.8, 4) is 5.75 Å². The summed E-state index contributed by atoms with van der Waals surface area (Å²) in [5.41, 5.74) is 1.55. The van der Waals surface area contributed by atoms with Gasteiger partial charge in [-0.1, -0.05) is 42.5 Å². The molecular weight excluding hydrogens is 457 g/mol. The van der Waals surface area contributed by atoms with Gasteiger partial charge >= 0.3 is 6.36 Å². The lowest BCUT2D eigenvalue weighted by molar-refractivity contribution is -0.274. The number of rotatable bonds is 8. The van der Waals surface area contributed by atoms with E-state index in [1.165, 1.54) is 34.0 Å². The number of alkyl halides is 3. The Kier molecular flexibility index (Phi) is 8.15. The monoisotopic (exact) mass is 482 g/mol. The topological polar surface area (TPSA) is 75.7 Å². The first-order valence-electron chi connectivity index (χ1n) is 10.5. The molecule has 1 aliphatic heterocycles. The van der Waals surface area contributed by atoms with Crippen LogP contribution in [0.5, 0.6) is 5.75 Å². The van der Waals surface area contributed by atoms with E-state index in [1.807, 2.05) is 30.3 Å². The van der Waals surface area contributed by atoms with E-state index in [0.717, 1.165) is 11.1 Å². The van der Waals surface area contributed by atoms with Crippen LogP contribution in [0, 0.1) is 5.92 Å². The second-order valence-electron chi connectivity index (χ2n) is 7.66. The van der Waals surface area contributed by atoms with Crippen molar-refractivity contribution in [2.45, 2.75) is 25.6 Å². The smallest absolute Gasteiger partial charge is 0.406 e. The lowest BCUT2D eigenvalue weighted by atomic mass is 9.97. The van der Waals surface area contributed by atoms with Crippen LogP contribution in [-0.2, 0) is 21.2 Å². The van der Waals surface area contributed by atoms with Crippen molar-refractivity contribution in [1.82, 2.24) is 9.62 Å². The Hall–Kier alpha value is -2.85. The summed E-state index contributed by atoms with van der Waals surface area (Å²) in [7, 11) is -3.56. The SMILES string of the molecule is O=C(NCCc1ccc(OC(F)(F)F)cc1)C1CCN(S(=O)(=O)/C=C/c2ccccc2)CC1. The maximum Gasteiger partial charge on any atom is 0.573 e. The zero-order chi connectivity index (χ0) is 23.9. The molecule has 0 aromatic heterocycles. The summed E-state index contributed by atoms with van der Waals surface area (Å²) < 4.78 is 66.9. The van der Waals surface area contributed by atoms with Crippen LogP contribution in [0.1, 0.15) is 24.0 Å². The maximum atomic E-state index is 12.5. The van der Waals surface area contributed by atoms with Crippen LogP contribution >= 0.6 is 0 Å². The Bertz CT molecular complexity index is 1050. The molecule has 2 aromatic rings. The van der Waals surface area contributed by atoms with Crippen LogP contribution in [-0.4, -0.2) is 44.6 Å². The summed E-state index contributed by atoms with van der Waals surface area (Å²) in [6, 6.07) is 14.6. The van der Waals surface area contributed by atoms with Gasteiger partial charge in [0.15, 0.2) is 0 Å². The second kappa shape index (κ2) is 10.8. The Morgan fingerprint density at radius 3 is 2.30 bits per heavy atom. The predicted molar refractivity (Wildman–Crippen MR) is 119 cm³/mol. The van der Waals surface area contributed by atoms with Gasteiger partial charge in [0.05, 0.1) is 0 Å². The van der Waals surface area contributed by atoms with E-state index in [-0.39, 0.29) is 30.7 Å². The molecule has 1 aliphatic rings. The minimum atomic E-state index is -4.73. The fourth-order valence-electron chi connectivity index (χ4n) is 3.52. The minimum absolute atomic E-state index is 0.149. The summed E-state index contributed by atoms with van der Waals surface area (Å²) in [6.45, 7) is 0.858. The Morgan fingerprint density at radius 1 is 1.06 bits per heavy atom. The number of hydrogen-bond donors (Lipinski definition) is 1. The quantitative estimate of drug-likeness (QED) is 0.618. The van der Waals surface area contributed by atoms with Crippen LogP contribution in [0.3, 0.4) is 0 Å². The molecule has 10 heteroatoms. The molecule has 33 heavy (non-hydrogen) atoms. The number of benzene rings is 2. The number of piperidine rings is 1. The number of halogens is 3. The van der Waals surface area contributed by atoms with Gasteiger partial charge in [0, 0.05) is 31.0 Å². The van der Waals surface area contributed by atoms with Gasteiger partial charge in [-0.15, -0.1) is 13.2 Å². The number of amides is 1. The van der Waals surface area contributed by atoms with Crippen LogP contribution < -0.4 is 10.1 Å². The third kappa shape index (κ3) is 7.90. The van der Waals surface area contributed by atoms with Crippen molar-refractivity contribution in [3.05, 3.63) is 71.1 Å². The van der Waals surface area contributed by atoms with Crippen molar-refractivity contribution >= 4 is 22.0 Å². The van der Waals surface area contributed by atoms with Crippen LogP contribution in [0.25, 0.3) is 6.08 Å². The van der Waals surface area contributed by atoms with Gasteiger partial charge in [-0.05, 0) is 48.6 Å². The highest BCUT2D eigenvalue weighted by Crippen LogP contribution is 2.23. The molecule has 0 unspecified atom stereocenters. The van der Waals surface area contributed by atoms with E-state index < -0.39 is 16.4 Å². The van der Waals surface area contributed by atoms with Gasteiger partial charge in [-0.3, -0.25) is 4.79 Å². The summed E-state index contributed by atoms with van der Waals surface area (Å²) in [5, 5.41) is 4.01. The summed E-state index contributed by atoms with van der Waals surface area (Å²) >= 11 is 0. The molecule has 1 heterocycles. The number of nitrogens with zero attached hydrogens (tertiary/aromatic N) is 1. The fraction of sp³-hybridized carbons (Fsp3) is 0.348. The number of ether oxygens (including phenoxy) is 1. The zero-order valence-electron chi connectivity index (χ0n) is 17.8. The summed E-state index contributed by atoms with van der Waals surface area (Å²) in [6.07, 6.45) is -1.88. The number of hydrogen-bond acceptors (Lipinski definition) is 4. The fourth-order valence-corrected chi connectivity index (χ4v) is 4.74. The van der Waals surface area contributed by atoms with Gasteiger partial charge < -0.3 is 10.1 Å². The van der Waals surface area contributed by atoms with Gasteiger partial charge in [0.2, 0.25) is 15.9 Å². The van der Waals surface area contributed by atoms with Crippen molar-refractivity contribution in [2.75, 3.05) is 19.6 Å². The summed E-state index contributed by atoms with van der Waals surface area (Å²) in [4.78, 5) is 12.4. The summed E-state index contributed by atoms with van der Waals surface area (Å²) in [5.74, 6) is -0.725. The molecule has 1 fully saturated rings. The molecule has 1 N–H and O–H groups in total. The molecule has 0 saturated carbocycles.